The molecule has 0 aliphatic carbocycles. The van der Waals surface area contributed by atoms with Crippen molar-refractivity contribution in [2.24, 2.45) is 0 Å². The van der Waals surface area contributed by atoms with Gasteiger partial charge in [0.15, 0.2) is 5.79 Å². The molecular weight excluding hydrogens is 536 g/mol. The Labute approximate surface area is 239 Å². The monoisotopic (exact) mass is 570 g/mol. The quantitative estimate of drug-likeness (QED) is 0.213. The predicted molar refractivity (Wildman–Crippen MR) is 159 cm³/mol. The molecule has 38 heavy (non-hydrogen) atoms. The molecule has 1 aliphatic heterocycles. The standard InChI is InChI=1S/C30H35ClN2O3S2/c1-20-8-6-10-23(14-20)26-12-7-13-33(26)29(34)27(36-30(2,3)35)17-28(37)32-18-24-16-21(19-38-24)15-22-9-4-5-11-25(22)31/h4-6,8-11,14,16,19,26-27,35H,7,12-13,15,17-18H2,1-3H3,(H,32,37)/t26?,27-/m1/s1. The van der Waals surface area contributed by atoms with Crippen molar-refractivity contribution in [3.8, 4) is 0 Å². The fourth-order valence-electron chi connectivity index (χ4n) is 4.87. The van der Waals surface area contributed by atoms with Gasteiger partial charge in [0.2, 0.25) is 0 Å². The number of rotatable bonds is 10. The number of hydrogen-bond acceptors (Lipinski definition) is 5. The van der Waals surface area contributed by atoms with Crippen molar-refractivity contribution in [3.63, 3.8) is 0 Å². The number of ether oxygens (including phenoxy) is 1. The summed E-state index contributed by atoms with van der Waals surface area (Å²) < 4.78 is 5.85. The molecule has 0 spiro atoms. The molecule has 0 radical (unpaired) electrons. The van der Waals surface area contributed by atoms with Gasteiger partial charge >= 0.3 is 0 Å². The number of amides is 1. The lowest BCUT2D eigenvalue weighted by Gasteiger charge is -2.32. The maximum atomic E-state index is 13.7. The van der Waals surface area contributed by atoms with E-state index in [9.17, 15) is 9.90 Å². The van der Waals surface area contributed by atoms with Gasteiger partial charge in [0.1, 0.15) is 6.10 Å². The molecule has 3 aromatic rings. The van der Waals surface area contributed by atoms with E-state index in [-0.39, 0.29) is 18.4 Å². The Hall–Kier alpha value is -2.29. The molecule has 2 N–H and O–H groups in total. The second-order valence-electron chi connectivity index (χ2n) is 10.3. The predicted octanol–water partition coefficient (Wildman–Crippen LogP) is 6.59. The minimum Gasteiger partial charge on any atom is -0.375 e. The summed E-state index contributed by atoms with van der Waals surface area (Å²) in [5.74, 6) is -1.60. The molecule has 2 atom stereocenters. The van der Waals surface area contributed by atoms with Gasteiger partial charge < -0.3 is 20.1 Å². The topological polar surface area (TPSA) is 61.8 Å². The summed E-state index contributed by atoms with van der Waals surface area (Å²) in [4.78, 5) is 17.2. The third kappa shape index (κ3) is 7.87. The molecule has 5 nitrogen and oxygen atoms in total. The van der Waals surface area contributed by atoms with Crippen LogP contribution >= 0.6 is 35.2 Å². The maximum Gasteiger partial charge on any atom is 0.252 e. The van der Waals surface area contributed by atoms with E-state index >= 15 is 0 Å². The highest BCUT2D eigenvalue weighted by Gasteiger charge is 2.37. The fourth-order valence-corrected chi connectivity index (χ4v) is 6.12. The van der Waals surface area contributed by atoms with E-state index in [1.54, 1.807) is 11.3 Å². The van der Waals surface area contributed by atoms with Crippen LogP contribution < -0.4 is 5.32 Å². The first kappa shape index (κ1) is 28.7. The number of aliphatic hydroxyl groups is 1. The van der Waals surface area contributed by atoms with Gasteiger partial charge in [-0.15, -0.1) is 11.3 Å². The third-order valence-electron chi connectivity index (χ3n) is 6.56. The van der Waals surface area contributed by atoms with E-state index in [4.69, 9.17) is 28.6 Å². The fraction of sp³-hybridized carbons (Fsp3) is 0.400. The van der Waals surface area contributed by atoms with E-state index in [1.807, 2.05) is 35.2 Å². The number of carbonyl (C=O) groups excluding carboxylic acids is 1. The number of hydrogen-bond donors (Lipinski definition) is 2. The van der Waals surface area contributed by atoms with Gasteiger partial charge in [-0.3, -0.25) is 4.79 Å². The molecule has 1 saturated heterocycles. The minimum absolute atomic E-state index is 0.000469. The van der Waals surface area contributed by atoms with Crippen molar-refractivity contribution in [2.75, 3.05) is 6.54 Å². The number of benzene rings is 2. The second kappa shape index (κ2) is 12.7. The van der Waals surface area contributed by atoms with Gasteiger partial charge in [-0.05, 0) is 74.2 Å². The molecule has 4 rings (SSSR count). The molecule has 0 saturated carbocycles. The second-order valence-corrected chi connectivity index (χ2v) is 12.2. The van der Waals surface area contributed by atoms with Gasteiger partial charge in [-0.2, -0.15) is 0 Å². The lowest BCUT2D eigenvalue weighted by Crippen LogP contribution is -2.45. The van der Waals surface area contributed by atoms with Gasteiger partial charge in [0.05, 0.1) is 11.0 Å². The summed E-state index contributed by atoms with van der Waals surface area (Å²) in [5, 5.41) is 16.6. The highest BCUT2D eigenvalue weighted by atomic mass is 35.5. The van der Waals surface area contributed by atoms with Crippen LogP contribution in [0.2, 0.25) is 5.02 Å². The lowest BCUT2D eigenvalue weighted by molar-refractivity contribution is -0.210. The molecular formula is C30H35ClN2O3S2. The van der Waals surface area contributed by atoms with Crippen LogP contribution in [0.1, 0.15) is 66.3 Å². The number of thiophene rings is 1. The first-order chi connectivity index (χ1) is 18.1. The van der Waals surface area contributed by atoms with Crippen LogP contribution in [0.3, 0.4) is 0 Å². The summed E-state index contributed by atoms with van der Waals surface area (Å²) in [6.45, 7) is 6.36. The number of thiocarbonyl (C=S) groups is 1. The van der Waals surface area contributed by atoms with Crippen LogP contribution in [0.4, 0.5) is 0 Å². The van der Waals surface area contributed by atoms with Crippen molar-refractivity contribution in [1.82, 2.24) is 10.2 Å². The first-order valence-corrected chi connectivity index (χ1v) is 14.6. The molecule has 0 bridgehead atoms. The Kier molecular flexibility index (Phi) is 9.60. The highest BCUT2D eigenvalue weighted by molar-refractivity contribution is 7.80. The van der Waals surface area contributed by atoms with E-state index in [2.05, 4.69) is 41.9 Å². The van der Waals surface area contributed by atoms with Crippen molar-refractivity contribution >= 4 is 46.1 Å². The van der Waals surface area contributed by atoms with Gasteiger partial charge in [-0.1, -0.05) is 71.8 Å². The maximum absolute atomic E-state index is 13.7. The third-order valence-corrected chi connectivity index (χ3v) is 8.23. The molecule has 1 aliphatic rings. The van der Waals surface area contributed by atoms with Crippen molar-refractivity contribution in [3.05, 3.63) is 92.1 Å². The summed E-state index contributed by atoms with van der Waals surface area (Å²) in [6.07, 6.45) is 1.93. The normalized spacial score (nSPS) is 16.4. The summed E-state index contributed by atoms with van der Waals surface area (Å²) in [7, 11) is 0. The zero-order valence-corrected chi connectivity index (χ0v) is 24.5. The molecule has 1 fully saturated rings. The summed E-state index contributed by atoms with van der Waals surface area (Å²) in [6, 6.07) is 18.3. The number of nitrogens with zero attached hydrogens (tertiary/aromatic N) is 1. The van der Waals surface area contributed by atoms with E-state index in [0.29, 0.717) is 18.1 Å². The molecule has 2 aromatic carbocycles. The Bertz CT molecular complexity index is 1270. The Morgan fingerprint density at radius 1 is 1.26 bits per heavy atom. The summed E-state index contributed by atoms with van der Waals surface area (Å²) in [5.41, 5.74) is 4.59. The number of nitrogens with one attached hydrogen (secondary N) is 1. The number of aryl methyl sites for hydroxylation is 1. The summed E-state index contributed by atoms with van der Waals surface area (Å²) >= 11 is 13.6. The van der Waals surface area contributed by atoms with Gasteiger partial charge in [0.25, 0.3) is 5.91 Å². The smallest absolute Gasteiger partial charge is 0.252 e. The lowest BCUT2D eigenvalue weighted by atomic mass is 10.0. The first-order valence-electron chi connectivity index (χ1n) is 12.9. The van der Waals surface area contributed by atoms with Gasteiger partial charge in [-0.25, -0.2) is 0 Å². The SMILES string of the molecule is Cc1cccc(C2CCCN2C(=O)[C@@H](CC(=S)NCc2cc(Cc3ccccc3Cl)cs2)OC(C)(C)O)c1. The molecule has 1 unspecified atom stereocenters. The molecule has 2 heterocycles. The average molecular weight is 571 g/mol. The van der Waals surface area contributed by atoms with Crippen LogP contribution in [0, 0.1) is 6.92 Å². The zero-order valence-electron chi connectivity index (χ0n) is 22.1. The van der Waals surface area contributed by atoms with Crippen molar-refractivity contribution in [1.29, 1.82) is 0 Å². The Balaban J connectivity index is 1.38. The van der Waals surface area contributed by atoms with Crippen LogP contribution in [0.15, 0.2) is 60.0 Å². The van der Waals surface area contributed by atoms with Crippen LogP contribution in [0.5, 0.6) is 0 Å². The van der Waals surface area contributed by atoms with Crippen molar-refractivity contribution < 1.29 is 14.6 Å². The van der Waals surface area contributed by atoms with E-state index < -0.39 is 11.9 Å². The number of halogens is 1. The zero-order chi connectivity index (χ0) is 27.3. The van der Waals surface area contributed by atoms with Crippen molar-refractivity contribution in [2.45, 2.75) is 70.9 Å². The Morgan fingerprint density at radius 2 is 2.05 bits per heavy atom. The number of likely N-dealkylation sites (tertiary alicyclic amines) is 1. The Morgan fingerprint density at radius 3 is 2.79 bits per heavy atom. The van der Waals surface area contributed by atoms with Crippen LogP contribution in [0.25, 0.3) is 0 Å². The highest BCUT2D eigenvalue weighted by Crippen LogP contribution is 2.34. The van der Waals surface area contributed by atoms with E-state index in [0.717, 1.165) is 40.3 Å². The van der Waals surface area contributed by atoms with Gasteiger partial charge in [0, 0.05) is 29.4 Å². The van der Waals surface area contributed by atoms with E-state index in [1.165, 1.54) is 25.0 Å². The molecule has 8 heteroatoms. The molecule has 202 valence electrons. The number of carbonyl (C=O) groups is 1. The minimum atomic E-state index is -1.46. The average Bonchev–Trinajstić information content (AvgIpc) is 3.52. The molecule has 1 aromatic heterocycles. The molecule has 1 amide bonds. The largest absolute Gasteiger partial charge is 0.375 e. The van der Waals surface area contributed by atoms with Crippen LogP contribution in [-0.4, -0.2) is 39.3 Å². The van der Waals surface area contributed by atoms with Crippen LogP contribution in [-0.2, 0) is 22.5 Å².